The van der Waals surface area contributed by atoms with Crippen molar-refractivity contribution in [3.8, 4) is 0 Å². The first-order valence-electron chi connectivity index (χ1n) is 4.97. The lowest BCUT2D eigenvalue weighted by Crippen LogP contribution is -2.20. The van der Waals surface area contributed by atoms with Crippen LogP contribution in [0, 0.1) is 0 Å². The molecule has 0 aliphatic heterocycles. The summed E-state index contributed by atoms with van der Waals surface area (Å²) in [5.41, 5.74) is 0.807. The average molecular weight is 244 g/mol. The van der Waals surface area contributed by atoms with Gasteiger partial charge >= 0.3 is 5.97 Å². The maximum atomic E-state index is 10.3. The SMILES string of the molecule is O=C(O)CCC(O)CNc1cccc(Cl)c1. The molecule has 0 aliphatic rings. The second-order valence-corrected chi connectivity index (χ2v) is 3.91. The maximum Gasteiger partial charge on any atom is 0.303 e. The van der Waals surface area contributed by atoms with Crippen LogP contribution >= 0.6 is 11.6 Å². The summed E-state index contributed by atoms with van der Waals surface area (Å²) >= 11 is 5.78. The van der Waals surface area contributed by atoms with Crippen molar-refractivity contribution >= 4 is 23.3 Å². The molecule has 0 heterocycles. The van der Waals surface area contributed by atoms with Gasteiger partial charge in [-0.2, -0.15) is 0 Å². The van der Waals surface area contributed by atoms with Crippen LogP contribution in [0.2, 0.25) is 5.02 Å². The molecule has 4 nitrogen and oxygen atoms in total. The summed E-state index contributed by atoms with van der Waals surface area (Å²) in [5.74, 6) is -0.901. The van der Waals surface area contributed by atoms with Gasteiger partial charge in [-0.05, 0) is 24.6 Å². The molecule has 0 amide bonds. The molecule has 0 aliphatic carbocycles. The van der Waals surface area contributed by atoms with Crippen molar-refractivity contribution in [1.82, 2.24) is 0 Å². The second kappa shape index (κ2) is 6.35. The third-order valence-electron chi connectivity index (χ3n) is 2.06. The lowest BCUT2D eigenvalue weighted by atomic mass is 10.2. The molecule has 1 rings (SSSR count). The summed E-state index contributed by atoms with van der Waals surface area (Å²) < 4.78 is 0. The standard InChI is InChI=1S/C11H14ClNO3/c12-8-2-1-3-9(6-8)13-7-10(14)4-5-11(15)16/h1-3,6,10,13-14H,4-5,7H2,(H,15,16). The van der Waals surface area contributed by atoms with Gasteiger partial charge in [0.1, 0.15) is 0 Å². The third-order valence-corrected chi connectivity index (χ3v) is 2.29. The van der Waals surface area contributed by atoms with E-state index in [1.807, 2.05) is 6.07 Å². The van der Waals surface area contributed by atoms with E-state index in [-0.39, 0.29) is 12.8 Å². The molecule has 0 fully saturated rings. The highest BCUT2D eigenvalue weighted by Crippen LogP contribution is 2.14. The Morgan fingerprint density at radius 1 is 1.50 bits per heavy atom. The van der Waals surface area contributed by atoms with E-state index in [0.29, 0.717) is 11.6 Å². The van der Waals surface area contributed by atoms with E-state index in [0.717, 1.165) is 5.69 Å². The normalized spacial score (nSPS) is 12.1. The third kappa shape index (κ3) is 5.00. The van der Waals surface area contributed by atoms with Crippen LogP contribution in [-0.4, -0.2) is 28.8 Å². The highest BCUT2D eigenvalue weighted by molar-refractivity contribution is 6.30. The number of carboxylic acids is 1. The van der Waals surface area contributed by atoms with Crippen LogP contribution in [0.15, 0.2) is 24.3 Å². The van der Waals surface area contributed by atoms with Crippen molar-refractivity contribution in [2.45, 2.75) is 18.9 Å². The number of carbonyl (C=O) groups is 1. The molecule has 1 atom stereocenters. The van der Waals surface area contributed by atoms with Gasteiger partial charge in [-0.15, -0.1) is 0 Å². The van der Waals surface area contributed by atoms with Crippen molar-refractivity contribution in [1.29, 1.82) is 0 Å². The minimum absolute atomic E-state index is 0.0294. The minimum Gasteiger partial charge on any atom is -0.481 e. The molecule has 88 valence electrons. The Kier molecular flexibility index (Phi) is 5.08. The van der Waals surface area contributed by atoms with E-state index < -0.39 is 12.1 Å². The Bertz CT molecular complexity index is 357. The molecule has 0 saturated carbocycles. The first-order chi connectivity index (χ1) is 7.58. The van der Waals surface area contributed by atoms with Crippen LogP contribution < -0.4 is 5.32 Å². The molecule has 1 unspecified atom stereocenters. The number of aliphatic hydroxyl groups is 1. The van der Waals surface area contributed by atoms with Crippen molar-refractivity contribution in [3.63, 3.8) is 0 Å². The molecule has 16 heavy (non-hydrogen) atoms. The highest BCUT2D eigenvalue weighted by atomic mass is 35.5. The molecular weight excluding hydrogens is 230 g/mol. The summed E-state index contributed by atoms with van der Waals surface area (Å²) in [4.78, 5) is 10.3. The second-order valence-electron chi connectivity index (χ2n) is 3.48. The fourth-order valence-electron chi connectivity index (χ4n) is 1.23. The van der Waals surface area contributed by atoms with Gasteiger partial charge in [0.25, 0.3) is 0 Å². The van der Waals surface area contributed by atoms with Gasteiger partial charge in [0.05, 0.1) is 6.10 Å². The van der Waals surface area contributed by atoms with E-state index in [1.54, 1.807) is 18.2 Å². The maximum absolute atomic E-state index is 10.3. The van der Waals surface area contributed by atoms with Gasteiger partial charge in [-0.1, -0.05) is 17.7 Å². The topological polar surface area (TPSA) is 69.6 Å². The Morgan fingerprint density at radius 2 is 2.25 bits per heavy atom. The molecule has 0 saturated heterocycles. The summed E-state index contributed by atoms with van der Waals surface area (Å²) in [5, 5.41) is 21.5. The summed E-state index contributed by atoms with van der Waals surface area (Å²) in [6.07, 6.45) is -0.462. The predicted molar refractivity (Wildman–Crippen MR) is 62.8 cm³/mol. The molecule has 0 radical (unpaired) electrons. The zero-order valence-electron chi connectivity index (χ0n) is 8.69. The number of aliphatic carboxylic acids is 1. The zero-order valence-corrected chi connectivity index (χ0v) is 9.44. The molecule has 0 aromatic heterocycles. The Labute approximate surface area is 98.9 Å². The van der Waals surface area contributed by atoms with E-state index in [1.165, 1.54) is 0 Å². The number of anilines is 1. The Balaban J connectivity index is 2.31. The smallest absolute Gasteiger partial charge is 0.303 e. The van der Waals surface area contributed by atoms with Crippen molar-refractivity contribution in [3.05, 3.63) is 29.3 Å². The predicted octanol–water partition coefficient (Wildman–Crippen LogP) is 1.98. The minimum atomic E-state index is -0.901. The number of rotatable bonds is 6. The molecule has 3 N–H and O–H groups in total. The number of aliphatic hydroxyl groups excluding tert-OH is 1. The molecule has 0 spiro atoms. The monoisotopic (exact) mass is 243 g/mol. The first kappa shape index (κ1) is 12.8. The Morgan fingerprint density at radius 3 is 2.88 bits per heavy atom. The zero-order chi connectivity index (χ0) is 12.0. The summed E-state index contributed by atoms with van der Waals surface area (Å²) in [7, 11) is 0. The fourth-order valence-corrected chi connectivity index (χ4v) is 1.42. The Hall–Kier alpha value is -1.26. The van der Waals surface area contributed by atoms with E-state index >= 15 is 0 Å². The highest BCUT2D eigenvalue weighted by Gasteiger charge is 2.06. The lowest BCUT2D eigenvalue weighted by molar-refractivity contribution is -0.137. The molecule has 1 aromatic carbocycles. The molecule has 5 heteroatoms. The van der Waals surface area contributed by atoms with Gasteiger partial charge in [-0.25, -0.2) is 0 Å². The lowest BCUT2D eigenvalue weighted by Gasteiger charge is -2.11. The quantitative estimate of drug-likeness (QED) is 0.715. The van der Waals surface area contributed by atoms with E-state index in [9.17, 15) is 9.90 Å². The summed E-state index contributed by atoms with van der Waals surface area (Å²) in [6, 6.07) is 7.13. The van der Waals surface area contributed by atoms with Gasteiger partial charge in [0.15, 0.2) is 0 Å². The average Bonchev–Trinajstić information content (AvgIpc) is 2.23. The van der Waals surface area contributed by atoms with E-state index in [2.05, 4.69) is 5.32 Å². The van der Waals surface area contributed by atoms with Crippen LogP contribution in [0.1, 0.15) is 12.8 Å². The molecule has 0 bridgehead atoms. The van der Waals surface area contributed by atoms with Crippen LogP contribution in [0.3, 0.4) is 0 Å². The summed E-state index contributed by atoms with van der Waals surface area (Å²) in [6.45, 7) is 0.313. The van der Waals surface area contributed by atoms with Gasteiger partial charge in [-0.3, -0.25) is 4.79 Å². The van der Waals surface area contributed by atoms with Crippen molar-refractivity contribution < 1.29 is 15.0 Å². The number of carboxylic acid groups (broad SMARTS) is 1. The van der Waals surface area contributed by atoms with Crippen LogP contribution in [-0.2, 0) is 4.79 Å². The molecule has 1 aromatic rings. The number of nitrogens with one attached hydrogen (secondary N) is 1. The number of hydrogen-bond acceptors (Lipinski definition) is 3. The fraction of sp³-hybridized carbons (Fsp3) is 0.364. The van der Waals surface area contributed by atoms with Crippen LogP contribution in [0.4, 0.5) is 5.69 Å². The van der Waals surface area contributed by atoms with Crippen LogP contribution in [0.5, 0.6) is 0 Å². The number of hydrogen-bond donors (Lipinski definition) is 3. The van der Waals surface area contributed by atoms with Crippen LogP contribution in [0.25, 0.3) is 0 Å². The van der Waals surface area contributed by atoms with Crippen molar-refractivity contribution in [2.75, 3.05) is 11.9 Å². The van der Waals surface area contributed by atoms with E-state index in [4.69, 9.17) is 16.7 Å². The molecular formula is C11H14ClNO3. The number of benzene rings is 1. The first-order valence-corrected chi connectivity index (χ1v) is 5.35. The van der Waals surface area contributed by atoms with Gasteiger partial charge < -0.3 is 15.5 Å². The van der Waals surface area contributed by atoms with Gasteiger partial charge in [0, 0.05) is 23.7 Å². The van der Waals surface area contributed by atoms with Crippen molar-refractivity contribution in [2.24, 2.45) is 0 Å². The largest absolute Gasteiger partial charge is 0.481 e. The number of halogens is 1. The van der Waals surface area contributed by atoms with Gasteiger partial charge in [0.2, 0.25) is 0 Å².